The maximum Gasteiger partial charge on any atom is 0.319 e. The van der Waals surface area contributed by atoms with Crippen molar-refractivity contribution in [3.05, 3.63) is 52.4 Å². The van der Waals surface area contributed by atoms with Gasteiger partial charge in [-0.3, -0.25) is 9.59 Å². The first-order chi connectivity index (χ1) is 12.9. The van der Waals surface area contributed by atoms with E-state index in [9.17, 15) is 14.4 Å². The fourth-order valence-electron chi connectivity index (χ4n) is 2.30. The van der Waals surface area contributed by atoms with Crippen LogP contribution in [-0.4, -0.2) is 27.8 Å². The molecule has 1 aromatic heterocycles. The number of hydrogen-bond acceptors (Lipinski definition) is 4. The molecule has 3 N–H and O–H groups in total. The number of urea groups is 1. The molecule has 0 saturated heterocycles. The summed E-state index contributed by atoms with van der Waals surface area (Å²) in [7, 11) is 0. The zero-order valence-electron chi connectivity index (χ0n) is 15.8. The summed E-state index contributed by atoms with van der Waals surface area (Å²) in [6, 6.07) is 9.23. The van der Waals surface area contributed by atoms with Crippen molar-refractivity contribution in [1.29, 1.82) is 0 Å². The van der Waals surface area contributed by atoms with Gasteiger partial charge < -0.3 is 16.0 Å². The molecule has 1 aromatic carbocycles. The summed E-state index contributed by atoms with van der Waals surface area (Å²) in [5.41, 5.74) is 1.11. The number of benzene rings is 1. The highest BCUT2D eigenvalue weighted by Crippen LogP contribution is 2.14. The molecule has 0 atom stereocenters. The van der Waals surface area contributed by atoms with E-state index in [1.807, 2.05) is 20.8 Å². The van der Waals surface area contributed by atoms with Gasteiger partial charge in [-0.1, -0.05) is 13.3 Å². The number of nitrogens with zero attached hydrogens (tertiary/aromatic N) is 2. The first-order valence-corrected chi connectivity index (χ1v) is 8.96. The van der Waals surface area contributed by atoms with E-state index in [2.05, 4.69) is 21.0 Å². The molecule has 0 bridgehead atoms. The van der Waals surface area contributed by atoms with Crippen LogP contribution in [0.15, 0.2) is 41.2 Å². The summed E-state index contributed by atoms with van der Waals surface area (Å²) in [5.74, 6) is -0.404. The van der Waals surface area contributed by atoms with E-state index >= 15 is 0 Å². The van der Waals surface area contributed by atoms with Gasteiger partial charge in [-0.15, -0.1) is 0 Å². The molecule has 0 saturated carbocycles. The van der Waals surface area contributed by atoms with Crippen LogP contribution < -0.4 is 21.5 Å². The first-order valence-electron chi connectivity index (χ1n) is 8.96. The highest BCUT2D eigenvalue weighted by atomic mass is 16.2. The van der Waals surface area contributed by atoms with Crippen molar-refractivity contribution >= 4 is 23.3 Å². The Hall–Kier alpha value is -3.16. The second-order valence-electron chi connectivity index (χ2n) is 6.42. The van der Waals surface area contributed by atoms with Gasteiger partial charge in [0.1, 0.15) is 5.69 Å². The number of anilines is 2. The average molecular weight is 371 g/mol. The van der Waals surface area contributed by atoms with Gasteiger partial charge in [0.05, 0.1) is 0 Å². The molecule has 27 heavy (non-hydrogen) atoms. The molecule has 0 spiro atoms. The molecular weight excluding hydrogens is 346 g/mol. The van der Waals surface area contributed by atoms with Crippen molar-refractivity contribution in [2.45, 2.75) is 46.2 Å². The van der Waals surface area contributed by atoms with E-state index in [-0.39, 0.29) is 23.3 Å². The van der Waals surface area contributed by atoms with Gasteiger partial charge in [0.25, 0.3) is 11.5 Å². The Morgan fingerprint density at radius 3 is 2.26 bits per heavy atom. The van der Waals surface area contributed by atoms with Crippen LogP contribution in [0.2, 0.25) is 0 Å². The average Bonchev–Trinajstić information content (AvgIpc) is 2.62. The predicted octanol–water partition coefficient (Wildman–Crippen LogP) is 2.83. The van der Waals surface area contributed by atoms with Crippen molar-refractivity contribution in [3.63, 3.8) is 0 Å². The molecule has 144 valence electrons. The molecule has 0 aliphatic heterocycles. The highest BCUT2D eigenvalue weighted by molar-refractivity contribution is 6.02. The Morgan fingerprint density at radius 2 is 1.67 bits per heavy atom. The van der Waals surface area contributed by atoms with E-state index in [1.165, 1.54) is 16.8 Å². The molecular formula is C19H25N5O3. The van der Waals surface area contributed by atoms with E-state index < -0.39 is 5.91 Å². The minimum absolute atomic E-state index is 0.0386. The summed E-state index contributed by atoms with van der Waals surface area (Å²) in [5, 5.41) is 12.3. The van der Waals surface area contributed by atoms with Gasteiger partial charge in [-0.05, 0) is 50.6 Å². The SMILES string of the molecule is CCCCn1nc(C(=O)Nc2ccc(NC(=O)NC(C)C)cc2)ccc1=O. The number of amides is 3. The number of carbonyl (C=O) groups is 2. The van der Waals surface area contributed by atoms with Gasteiger partial charge in [-0.25, -0.2) is 9.48 Å². The summed E-state index contributed by atoms with van der Waals surface area (Å²) < 4.78 is 1.30. The van der Waals surface area contributed by atoms with Crippen LogP contribution in [-0.2, 0) is 6.54 Å². The largest absolute Gasteiger partial charge is 0.336 e. The molecule has 8 nitrogen and oxygen atoms in total. The second kappa shape index (κ2) is 9.51. The molecule has 3 amide bonds. The quantitative estimate of drug-likeness (QED) is 0.696. The number of rotatable bonds is 7. The van der Waals surface area contributed by atoms with Crippen LogP contribution in [0.25, 0.3) is 0 Å². The number of hydrogen-bond donors (Lipinski definition) is 3. The molecule has 2 aromatic rings. The molecule has 0 unspecified atom stereocenters. The van der Waals surface area contributed by atoms with Gasteiger partial charge in [0.2, 0.25) is 0 Å². The minimum atomic E-state index is -0.404. The van der Waals surface area contributed by atoms with Crippen LogP contribution in [0.4, 0.5) is 16.2 Å². The monoisotopic (exact) mass is 371 g/mol. The molecule has 0 aliphatic rings. The zero-order chi connectivity index (χ0) is 19.8. The summed E-state index contributed by atoms with van der Waals surface area (Å²) >= 11 is 0. The Labute approximate surface area is 158 Å². The lowest BCUT2D eigenvalue weighted by Crippen LogP contribution is -2.34. The van der Waals surface area contributed by atoms with Crippen molar-refractivity contribution < 1.29 is 9.59 Å². The Bertz CT molecular complexity index is 843. The first kappa shape index (κ1) is 20.2. The number of nitrogens with one attached hydrogen (secondary N) is 3. The predicted molar refractivity (Wildman–Crippen MR) is 105 cm³/mol. The Balaban J connectivity index is 2.01. The smallest absolute Gasteiger partial charge is 0.319 e. The van der Waals surface area contributed by atoms with Crippen molar-refractivity contribution in [2.24, 2.45) is 0 Å². The molecule has 2 rings (SSSR count). The second-order valence-corrected chi connectivity index (χ2v) is 6.42. The lowest BCUT2D eigenvalue weighted by molar-refractivity contribution is 0.101. The molecule has 1 heterocycles. The Morgan fingerprint density at radius 1 is 1.04 bits per heavy atom. The number of carbonyl (C=O) groups excluding carboxylic acids is 2. The van der Waals surface area contributed by atoms with Gasteiger partial charge in [0, 0.05) is 30.0 Å². The fraction of sp³-hybridized carbons (Fsp3) is 0.368. The topological polar surface area (TPSA) is 105 Å². The van der Waals surface area contributed by atoms with Crippen LogP contribution in [0, 0.1) is 0 Å². The molecule has 0 aliphatic carbocycles. The van der Waals surface area contributed by atoms with Crippen molar-refractivity contribution in [3.8, 4) is 0 Å². The number of unbranched alkanes of at least 4 members (excludes halogenated alkanes) is 1. The lowest BCUT2D eigenvalue weighted by Gasteiger charge is -2.11. The van der Waals surface area contributed by atoms with Gasteiger partial charge >= 0.3 is 6.03 Å². The number of aromatic nitrogens is 2. The molecule has 0 fully saturated rings. The molecule has 8 heteroatoms. The minimum Gasteiger partial charge on any atom is -0.336 e. The normalized spacial score (nSPS) is 10.5. The molecule has 0 radical (unpaired) electrons. The summed E-state index contributed by atoms with van der Waals surface area (Å²) in [6.07, 6.45) is 1.75. The summed E-state index contributed by atoms with van der Waals surface area (Å²) in [4.78, 5) is 35.8. The standard InChI is InChI=1S/C19H25N5O3/c1-4-5-12-24-17(25)11-10-16(23-24)18(26)21-14-6-8-15(9-7-14)22-19(27)20-13(2)3/h6-11,13H,4-5,12H2,1-3H3,(H,21,26)(H2,20,22,27). The van der Waals surface area contributed by atoms with Crippen LogP contribution >= 0.6 is 0 Å². The van der Waals surface area contributed by atoms with Crippen molar-refractivity contribution in [1.82, 2.24) is 15.1 Å². The van der Waals surface area contributed by atoms with Crippen molar-refractivity contribution in [2.75, 3.05) is 10.6 Å². The third-order valence-electron chi connectivity index (χ3n) is 3.64. The van der Waals surface area contributed by atoms with E-state index in [0.29, 0.717) is 17.9 Å². The maximum absolute atomic E-state index is 12.4. The van der Waals surface area contributed by atoms with Gasteiger partial charge in [0.15, 0.2) is 0 Å². The zero-order valence-corrected chi connectivity index (χ0v) is 15.8. The van der Waals surface area contributed by atoms with Crippen LogP contribution in [0.5, 0.6) is 0 Å². The highest BCUT2D eigenvalue weighted by Gasteiger charge is 2.10. The summed E-state index contributed by atoms with van der Waals surface area (Å²) in [6.45, 7) is 6.25. The van der Waals surface area contributed by atoms with Crippen LogP contribution in [0.3, 0.4) is 0 Å². The van der Waals surface area contributed by atoms with Crippen LogP contribution in [0.1, 0.15) is 44.1 Å². The van der Waals surface area contributed by atoms with Gasteiger partial charge in [-0.2, -0.15) is 5.10 Å². The maximum atomic E-state index is 12.4. The van der Waals surface area contributed by atoms with E-state index in [0.717, 1.165) is 12.8 Å². The fourth-order valence-corrected chi connectivity index (χ4v) is 2.30. The Kier molecular flexibility index (Phi) is 7.10. The number of aryl methyl sites for hydroxylation is 1. The van der Waals surface area contributed by atoms with E-state index in [4.69, 9.17) is 0 Å². The third kappa shape index (κ3) is 6.25. The van der Waals surface area contributed by atoms with E-state index in [1.54, 1.807) is 24.3 Å². The lowest BCUT2D eigenvalue weighted by atomic mass is 10.2. The third-order valence-corrected chi connectivity index (χ3v) is 3.64.